The fraction of sp³-hybridized carbons (Fsp3) is 1.00. The molecule has 78 valence electrons. The average molecular weight is 184 g/mol. The van der Waals surface area contributed by atoms with Gasteiger partial charge in [0.05, 0.1) is 0 Å². The fourth-order valence-corrected chi connectivity index (χ4v) is 2.21. The lowest BCUT2D eigenvalue weighted by Gasteiger charge is -2.32. The Morgan fingerprint density at radius 1 is 1.46 bits per heavy atom. The summed E-state index contributed by atoms with van der Waals surface area (Å²) >= 11 is 0. The molecule has 13 heavy (non-hydrogen) atoms. The minimum atomic E-state index is 0.547. The first-order valence-corrected chi connectivity index (χ1v) is 5.74. The highest BCUT2D eigenvalue weighted by Crippen LogP contribution is 2.32. The Bertz CT molecular complexity index is 132. The first-order chi connectivity index (χ1) is 6.27. The second kappa shape index (κ2) is 5.61. The van der Waals surface area contributed by atoms with Gasteiger partial charge in [-0.25, -0.2) is 0 Å². The molecule has 0 aromatic carbocycles. The lowest BCUT2D eigenvalue weighted by Crippen LogP contribution is -2.42. The normalized spacial score (nSPS) is 22.4. The molecular weight excluding hydrogens is 160 g/mol. The van der Waals surface area contributed by atoms with Crippen molar-refractivity contribution in [1.29, 1.82) is 0 Å². The van der Waals surface area contributed by atoms with Crippen LogP contribution in [0.25, 0.3) is 0 Å². The van der Waals surface area contributed by atoms with Crippen molar-refractivity contribution in [2.75, 3.05) is 0 Å². The zero-order chi connectivity index (χ0) is 9.68. The van der Waals surface area contributed by atoms with Gasteiger partial charge >= 0.3 is 0 Å². The van der Waals surface area contributed by atoms with Crippen LogP contribution in [0.1, 0.15) is 52.4 Å². The van der Waals surface area contributed by atoms with Crippen molar-refractivity contribution in [2.24, 2.45) is 17.7 Å². The van der Waals surface area contributed by atoms with Crippen LogP contribution in [-0.4, -0.2) is 6.04 Å². The summed E-state index contributed by atoms with van der Waals surface area (Å²) in [5, 5.41) is 0. The maximum Gasteiger partial charge on any atom is 0.0238 e. The van der Waals surface area contributed by atoms with Gasteiger partial charge in [-0.1, -0.05) is 39.5 Å². The van der Waals surface area contributed by atoms with Crippen molar-refractivity contribution in [1.82, 2.24) is 5.43 Å². The van der Waals surface area contributed by atoms with E-state index in [1.165, 1.54) is 38.5 Å². The topological polar surface area (TPSA) is 38.0 Å². The molecule has 0 bridgehead atoms. The lowest BCUT2D eigenvalue weighted by molar-refractivity contribution is 0.223. The summed E-state index contributed by atoms with van der Waals surface area (Å²) in [5.74, 6) is 7.27. The first kappa shape index (κ1) is 11.0. The largest absolute Gasteiger partial charge is 0.271 e. The summed E-state index contributed by atoms with van der Waals surface area (Å²) in [6, 6.07) is 0.547. The summed E-state index contributed by atoms with van der Waals surface area (Å²) < 4.78 is 0. The molecular formula is C11H24N2. The standard InChI is InChI=1S/C11H24N2/c1-3-5-9(2)11(13-12)8-10-6-4-7-10/h9-11,13H,3-8,12H2,1-2H3. The second-order valence-corrected chi connectivity index (χ2v) is 4.57. The van der Waals surface area contributed by atoms with E-state index in [0.29, 0.717) is 6.04 Å². The van der Waals surface area contributed by atoms with Gasteiger partial charge in [-0.3, -0.25) is 11.3 Å². The third-order valence-electron chi connectivity index (χ3n) is 3.46. The monoisotopic (exact) mass is 184 g/mol. The highest BCUT2D eigenvalue weighted by Gasteiger charge is 2.24. The molecule has 2 unspecified atom stereocenters. The molecule has 2 nitrogen and oxygen atoms in total. The van der Waals surface area contributed by atoms with E-state index in [1.54, 1.807) is 0 Å². The van der Waals surface area contributed by atoms with Gasteiger partial charge in [-0.2, -0.15) is 0 Å². The Morgan fingerprint density at radius 2 is 2.15 bits per heavy atom. The van der Waals surface area contributed by atoms with Crippen molar-refractivity contribution in [2.45, 2.75) is 58.4 Å². The maximum atomic E-state index is 5.58. The van der Waals surface area contributed by atoms with Crippen molar-refractivity contribution >= 4 is 0 Å². The maximum absolute atomic E-state index is 5.58. The Morgan fingerprint density at radius 3 is 2.54 bits per heavy atom. The van der Waals surface area contributed by atoms with E-state index in [2.05, 4.69) is 19.3 Å². The molecule has 1 rings (SSSR count). The van der Waals surface area contributed by atoms with Crippen LogP contribution < -0.4 is 11.3 Å². The highest BCUT2D eigenvalue weighted by atomic mass is 15.2. The van der Waals surface area contributed by atoms with Crippen molar-refractivity contribution in [3.05, 3.63) is 0 Å². The SMILES string of the molecule is CCCC(C)C(CC1CCC1)NN. The zero-order valence-electron chi connectivity index (χ0n) is 9.05. The van der Waals surface area contributed by atoms with E-state index in [-0.39, 0.29) is 0 Å². The fourth-order valence-electron chi connectivity index (χ4n) is 2.21. The number of nitrogens with two attached hydrogens (primary N) is 1. The molecule has 1 saturated carbocycles. The highest BCUT2D eigenvalue weighted by molar-refractivity contribution is 4.79. The van der Waals surface area contributed by atoms with E-state index in [1.807, 2.05) is 0 Å². The molecule has 0 aromatic rings. The van der Waals surface area contributed by atoms with E-state index < -0.39 is 0 Å². The summed E-state index contributed by atoms with van der Waals surface area (Å²) in [6.07, 6.45) is 8.14. The third kappa shape index (κ3) is 3.28. The van der Waals surface area contributed by atoms with Gasteiger partial charge in [0.1, 0.15) is 0 Å². The van der Waals surface area contributed by atoms with Crippen LogP contribution in [0.4, 0.5) is 0 Å². The Hall–Kier alpha value is -0.0800. The van der Waals surface area contributed by atoms with Crippen LogP contribution in [0.3, 0.4) is 0 Å². The average Bonchev–Trinajstić information content (AvgIpc) is 2.03. The van der Waals surface area contributed by atoms with E-state index in [4.69, 9.17) is 5.84 Å². The summed E-state index contributed by atoms with van der Waals surface area (Å²) in [5.41, 5.74) is 2.99. The molecule has 0 amide bonds. The van der Waals surface area contributed by atoms with Crippen molar-refractivity contribution in [3.63, 3.8) is 0 Å². The molecule has 1 aliphatic carbocycles. The molecule has 0 aromatic heterocycles. The van der Waals surface area contributed by atoms with Gasteiger partial charge in [-0.05, 0) is 24.7 Å². The number of hydrogen-bond acceptors (Lipinski definition) is 2. The van der Waals surface area contributed by atoms with Gasteiger partial charge in [0, 0.05) is 6.04 Å². The number of rotatable bonds is 6. The molecule has 0 radical (unpaired) electrons. The van der Waals surface area contributed by atoms with Gasteiger partial charge in [0.2, 0.25) is 0 Å². The smallest absolute Gasteiger partial charge is 0.0238 e. The zero-order valence-corrected chi connectivity index (χ0v) is 9.05. The van der Waals surface area contributed by atoms with E-state index >= 15 is 0 Å². The van der Waals surface area contributed by atoms with E-state index in [9.17, 15) is 0 Å². The van der Waals surface area contributed by atoms with Gasteiger partial charge < -0.3 is 0 Å². The van der Waals surface area contributed by atoms with Crippen LogP contribution in [0.2, 0.25) is 0 Å². The quantitative estimate of drug-likeness (QED) is 0.491. The molecule has 0 heterocycles. The predicted octanol–water partition coefficient (Wildman–Crippen LogP) is 2.44. The molecule has 0 spiro atoms. The Kier molecular flexibility index (Phi) is 4.74. The first-order valence-electron chi connectivity index (χ1n) is 5.74. The van der Waals surface area contributed by atoms with Crippen molar-refractivity contribution < 1.29 is 0 Å². The predicted molar refractivity (Wildman–Crippen MR) is 57.1 cm³/mol. The summed E-state index contributed by atoms with van der Waals surface area (Å²) in [4.78, 5) is 0. The number of hydrazine groups is 1. The Labute approximate surface area is 82.2 Å². The second-order valence-electron chi connectivity index (χ2n) is 4.57. The molecule has 2 atom stereocenters. The van der Waals surface area contributed by atoms with Crippen LogP contribution >= 0.6 is 0 Å². The molecule has 1 aliphatic rings. The third-order valence-corrected chi connectivity index (χ3v) is 3.46. The molecule has 2 heteroatoms. The minimum Gasteiger partial charge on any atom is -0.271 e. The van der Waals surface area contributed by atoms with Crippen LogP contribution in [0.5, 0.6) is 0 Å². The molecule has 0 saturated heterocycles. The van der Waals surface area contributed by atoms with Crippen LogP contribution in [-0.2, 0) is 0 Å². The summed E-state index contributed by atoms with van der Waals surface area (Å²) in [7, 11) is 0. The Balaban J connectivity index is 2.23. The molecule has 1 fully saturated rings. The minimum absolute atomic E-state index is 0.547. The van der Waals surface area contributed by atoms with Crippen LogP contribution in [0.15, 0.2) is 0 Å². The number of hydrogen-bond donors (Lipinski definition) is 2. The van der Waals surface area contributed by atoms with Crippen molar-refractivity contribution in [3.8, 4) is 0 Å². The van der Waals surface area contributed by atoms with Crippen LogP contribution in [0, 0.1) is 11.8 Å². The molecule has 3 N–H and O–H groups in total. The van der Waals surface area contributed by atoms with E-state index in [0.717, 1.165) is 11.8 Å². The van der Waals surface area contributed by atoms with Gasteiger partial charge in [-0.15, -0.1) is 0 Å². The van der Waals surface area contributed by atoms with Gasteiger partial charge in [0.25, 0.3) is 0 Å². The number of nitrogens with one attached hydrogen (secondary N) is 1. The van der Waals surface area contributed by atoms with Gasteiger partial charge in [0.15, 0.2) is 0 Å². The lowest BCUT2D eigenvalue weighted by atomic mass is 9.78. The summed E-state index contributed by atoms with van der Waals surface area (Å²) in [6.45, 7) is 4.56. The molecule has 0 aliphatic heterocycles.